The first-order valence-corrected chi connectivity index (χ1v) is 10.9. The Balaban J connectivity index is 1.87. The topological polar surface area (TPSA) is 89.5 Å². The number of halogens is 4. The van der Waals surface area contributed by atoms with Gasteiger partial charge in [-0.15, -0.1) is 13.2 Å². The fourth-order valence-electron chi connectivity index (χ4n) is 3.57. The predicted octanol–water partition coefficient (Wildman–Crippen LogP) is 3.94. The number of alkyl halides is 3. The number of hydrogen-bond acceptors (Lipinski definition) is 6. The number of imidazole rings is 1. The standard InChI is InChI=1S/C23H20ClF3N4O5/c1-29-19-18(20(32)30(22(29)33)10-11-34-2)31(13-14-6-8-15(24)9-7-14)21(28-19)35-16-4-3-5-17(12-16)36-23(25,26)27/h3-9,12H,10-11,13H2,1-2H3. The van der Waals surface area contributed by atoms with Gasteiger partial charge in [-0.3, -0.25) is 18.5 Å². The molecule has 0 N–H and O–H groups in total. The molecule has 0 aliphatic heterocycles. The van der Waals surface area contributed by atoms with Crippen LogP contribution in [0, 0.1) is 0 Å². The smallest absolute Gasteiger partial charge is 0.425 e. The molecule has 9 nitrogen and oxygen atoms in total. The Morgan fingerprint density at radius 2 is 1.72 bits per heavy atom. The van der Waals surface area contributed by atoms with Crippen molar-refractivity contribution in [3.8, 4) is 17.5 Å². The van der Waals surface area contributed by atoms with Crippen LogP contribution in [0.25, 0.3) is 11.2 Å². The van der Waals surface area contributed by atoms with E-state index in [0.29, 0.717) is 5.02 Å². The van der Waals surface area contributed by atoms with Crippen LogP contribution in [0.4, 0.5) is 13.2 Å². The minimum Gasteiger partial charge on any atom is -0.425 e. The molecule has 36 heavy (non-hydrogen) atoms. The van der Waals surface area contributed by atoms with Crippen LogP contribution >= 0.6 is 11.6 Å². The molecule has 4 aromatic rings. The normalized spacial score (nSPS) is 11.7. The molecule has 0 fully saturated rings. The molecule has 0 amide bonds. The summed E-state index contributed by atoms with van der Waals surface area (Å²) in [6.07, 6.45) is -4.88. The summed E-state index contributed by atoms with van der Waals surface area (Å²) in [6, 6.07) is 11.6. The number of aryl methyl sites for hydroxylation is 1. The Labute approximate surface area is 206 Å². The molecule has 190 valence electrons. The number of aromatic nitrogens is 4. The lowest BCUT2D eigenvalue weighted by atomic mass is 10.2. The highest BCUT2D eigenvalue weighted by atomic mass is 35.5. The van der Waals surface area contributed by atoms with Gasteiger partial charge < -0.3 is 14.2 Å². The van der Waals surface area contributed by atoms with Gasteiger partial charge >= 0.3 is 18.1 Å². The molecule has 4 rings (SSSR count). The molecule has 0 radical (unpaired) electrons. The fourth-order valence-corrected chi connectivity index (χ4v) is 3.69. The molecule has 2 aromatic heterocycles. The molecule has 0 spiro atoms. The van der Waals surface area contributed by atoms with Crippen molar-refractivity contribution >= 4 is 22.8 Å². The summed E-state index contributed by atoms with van der Waals surface area (Å²) >= 11 is 5.98. The van der Waals surface area contributed by atoms with Crippen LogP contribution < -0.4 is 20.7 Å². The maximum atomic E-state index is 13.4. The molecule has 0 saturated carbocycles. The van der Waals surface area contributed by atoms with Gasteiger partial charge in [0.1, 0.15) is 11.5 Å². The Morgan fingerprint density at radius 1 is 1.03 bits per heavy atom. The molecule has 13 heteroatoms. The Kier molecular flexibility index (Phi) is 7.09. The molecule has 0 bridgehead atoms. The molecule has 0 atom stereocenters. The molecular formula is C23H20ClF3N4O5. The SMILES string of the molecule is COCCn1c(=O)c2c(nc(Oc3cccc(OC(F)(F)F)c3)n2Cc2ccc(Cl)cc2)n(C)c1=O. The highest BCUT2D eigenvalue weighted by Crippen LogP contribution is 2.30. The van der Waals surface area contributed by atoms with E-state index in [9.17, 15) is 22.8 Å². The van der Waals surface area contributed by atoms with E-state index < -0.39 is 23.4 Å². The van der Waals surface area contributed by atoms with E-state index in [2.05, 4.69) is 9.72 Å². The Bertz CT molecular complexity index is 1510. The van der Waals surface area contributed by atoms with E-state index in [1.54, 1.807) is 24.3 Å². The third kappa shape index (κ3) is 5.39. The summed E-state index contributed by atoms with van der Waals surface area (Å²) < 4.78 is 56.4. The van der Waals surface area contributed by atoms with Gasteiger partial charge in [-0.25, -0.2) is 4.79 Å². The van der Waals surface area contributed by atoms with Gasteiger partial charge in [-0.05, 0) is 29.8 Å². The zero-order chi connectivity index (χ0) is 26.0. The molecule has 0 saturated heterocycles. The van der Waals surface area contributed by atoms with Crippen molar-refractivity contribution in [3.05, 3.63) is 80.0 Å². The van der Waals surface area contributed by atoms with Crippen LogP contribution in [0.3, 0.4) is 0 Å². The molecule has 0 aliphatic carbocycles. The number of hydrogen-bond donors (Lipinski definition) is 0. The van der Waals surface area contributed by atoms with Crippen molar-refractivity contribution in [3.63, 3.8) is 0 Å². The number of benzene rings is 2. The summed E-state index contributed by atoms with van der Waals surface area (Å²) in [4.78, 5) is 30.5. The third-order valence-corrected chi connectivity index (χ3v) is 5.47. The van der Waals surface area contributed by atoms with E-state index in [0.717, 1.165) is 22.3 Å². The van der Waals surface area contributed by atoms with Crippen LogP contribution in [0.1, 0.15) is 5.56 Å². The summed E-state index contributed by atoms with van der Waals surface area (Å²) in [5, 5.41) is 0.511. The first kappa shape index (κ1) is 25.3. The van der Waals surface area contributed by atoms with Gasteiger partial charge in [0.05, 0.1) is 19.7 Å². The number of nitrogens with zero attached hydrogens (tertiary/aromatic N) is 4. The second-order valence-corrected chi connectivity index (χ2v) is 8.13. The van der Waals surface area contributed by atoms with Crippen molar-refractivity contribution in [1.82, 2.24) is 18.7 Å². The highest BCUT2D eigenvalue weighted by molar-refractivity contribution is 6.30. The number of fused-ring (bicyclic) bond motifs is 1. The van der Waals surface area contributed by atoms with Gasteiger partial charge in [0.2, 0.25) is 0 Å². The van der Waals surface area contributed by atoms with Crippen LogP contribution in [-0.4, -0.2) is 38.8 Å². The van der Waals surface area contributed by atoms with Gasteiger partial charge in [-0.2, -0.15) is 4.98 Å². The zero-order valence-electron chi connectivity index (χ0n) is 19.1. The van der Waals surface area contributed by atoms with Crippen LogP contribution in [0.15, 0.2) is 58.1 Å². The van der Waals surface area contributed by atoms with Crippen molar-refractivity contribution in [2.45, 2.75) is 19.5 Å². The average molecular weight is 525 g/mol. The van der Waals surface area contributed by atoms with Crippen molar-refractivity contribution < 1.29 is 27.4 Å². The second kappa shape index (κ2) is 10.1. The molecule has 0 aliphatic rings. The van der Waals surface area contributed by atoms with Gasteiger partial charge in [0.15, 0.2) is 11.2 Å². The molecule has 2 heterocycles. The monoisotopic (exact) mass is 524 g/mol. The minimum absolute atomic E-state index is 0.0110. The van der Waals surface area contributed by atoms with Crippen molar-refractivity contribution in [2.75, 3.05) is 13.7 Å². The molecule has 0 unspecified atom stereocenters. The maximum absolute atomic E-state index is 13.4. The van der Waals surface area contributed by atoms with Crippen LogP contribution in [-0.2, 0) is 24.9 Å². The zero-order valence-corrected chi connectivity index (χ0v) is 19.8. The van der Waals surface area contributed by atoms with Crippen molar-refractivity contribution in [1.29, 1.82) is 0 Å². The van der Waals surface area contributed by atoms with Gasteiger partial charge in [0.25, 0.3) is 5.56 Å². The lowest BCUT2D eigenvalue weighted by molar-refractivity contribution is -0.274. The number of ether oxygens (including phenoxy) is 3. The van der Waals surface area contributed by atoms with Crippen molar-refractivity contribution in [2.24, 2.45) is 7.05 Å². The first-order valence-electron chi connectivity index (χ1n) is 10.5. The van der Waals surface area contributed by atoms with E-state index in [-0.39, 0.29) is 42.6 Å². The largest absolute Gasteiger partial charge is 0.573 e. The predicted molar refractivity (Wildman–Crippen MR) is 125 cm³/mol. The summed E-state index contributed by atoms with van der Waals surface area (Å²) in [5.41, 5.74) is -0.371. The number of rotatable bonds is 8. The minimum atomic E-state index is -4.88. The Morgan fingerprint density at radius 3 is 2.39 bits per heavy atom. The number of methoxy groups -OCH3 is 1. The summed E-state index contributed by atoms with van der Waals surface area (Å²) in [7, 11) is 2.90. The fraction of sp³-hybridized carbons (Fsp3) is 0.261. The first-order chi connectivity index (χ1) is 17.1. The van der Waals surface area contributed by atoms with Crippen LogP contribution in [0.2, 0.25) is 5.02 Å². The lowest BCUT2D eigenvalue weighted by Gasteiger charge is -2.12. The average Bonchev–Trinajstić information content (AvgIpc) is 3.16. The molecular weight excluding hydrogens is 505 g/mol. The van der Waals surface area contributed by atoms with E-state index in [1.165, 1.54) is 35.4 Å². The molecule has 2 aromatic carbocycles. The Hall–Kier alpha value is -3.77. The highest BCUT2D eigenvalue weighted by Gasteiger charge is 2.31. The van der Waals surface area contributed by atoms with E-state index in [4.69, 9.17) is 21.1 Å². The summed E-state index contributed by atoms with van der Waals surface area (Å²) in [6.45, 7) is 0.234. The second-order valence-electron chi connectivity index (χ2n) is 7.70. The maximum Gasteiger partial charge on any atom is 0.573 e. The summed E-state index contributed by atoms with van der Waals surface area (Å²) in [5.74, 6) is -0.510. The van der Waals surface area contributed by atoms with Crippen LogP contribution in [0.5, 0.6) is 17.5 Å². The van der Waals surface area contributed by atoms with E-state index in [1.807, 2.05) is 0 Å². The quantitative estimate of drug-likeness (QED) is 0.347. The van der Waals surface area contributed by atoms with Gasteiger partial charge in [-0.1, -0.05) is 29.8 Å². The third-order valence-electron chi connectivity index (χ3n) is 5.22. The van der Waals surface area contributed by atoms with Gasteiger partial charge in [0, 0.05) is 25.2 Å². The van der Waals surface area contributed by atoms with E-state index >= 15 is 0 Å². The lowest BCUT2D eigenvalue weighted by Crippen LogP contribution is -2.40.